The third-order valence-corrected chi connectivity index (χ3v) is 7.88. The van der Waals surface area contributed by atoms with E-state index in [0.29, 0.717) is 46.9 Å². The van der Waals surface area contributed by atoms with Crippen molar-refractivity contribution in [2.75, 3.05) is 5.32 Å². The molecule has 0 radical (unpaired) electrons. The lowest BCUT2D eigenvalue weighted by molar-refractivity contribution is -0.119. The Kier molecular flexibility index (Phi) is 7.20. The van der Waals surface area contributed by atoms with E-state index in [4.69, 9.17) is 23.2 Å². The van der Waals surface area contributed by atoms with E-state index in [-0.39, 0.29) is 22.4 Å². The first-order valence-corrected chi connectivity index (χ1v) is 13.3. The normalized spacial score (nSPS) is 17.9. The van der Waals surface area contributed by atoms with Gasteiger partial charge in [0.05, 0.1) is 41.3 Å². The van der Waals surface area contributed by atoms with Crippen molar-refractivity contribution in [2.24, 2.45) is 13.0 Å². The Morgan fingerprint density at radius 3 is 2.73 bits per heavy atom. The Balaban J connectivity index is 1.64. The van der Waals surface area contributed by atoms with Crippen molar-refractivity contribution in [1.82, 2.24) is 24.3 Å². The highest BCUT2D eigenvalue weighted by atomic mass is 79.9. The second-order valence-electron chi connectivity index (χ2n) is 9.08. The monoisotopic (exact) mass is 600 g/mol. The van der Waals surface area contributed by atoms with E-state index in [1.807, 2.05) is 26.1 Å². The maximum atomic E-state index is 13.6. The van der Waals surface area contributed by atoms with Crippen LogP contribution in [-0.2, 0) is 11.8 Å². The van der Waals surface area contributed by atoms with Gasteiger partial charge < -0.3 is 5.32 Å². The molecule has 1 aromatic carbocycles. The van der Waals surface area contributed by atoms with E-state index in [1.165, 1.54) is 10.9 Å². The number of nitrogens with one attached hydrogen (secondary N) is 1. The molecule has 1 amide bonds. The van der Waals surface area contributed by atoms with Crippen molar-refractivity contribution in [2.45, 2.75) is 32.2 Å². The number of hydrogen-bond donors (Lipinski definition) is 1. The molecule has 3 aromatic heterocycles. The molecule has 2 bridgehead atoms. The summed E-state index contributed by atoms with van der Waals surface area (Å²) in [6.07, 6.45) is 6.75. The van der Waals surface area contributed by atoms with Crippen LogP contribution >= 0.6 is 39.1 Å². The molecule has 0 fully saturated rings. The van der Waals surface area contributed by atoms with E-state index >= 15 is 0 Å². The summed E-state index contributed by atoms with van der Waals surface area (Å²) in [5, 5.41) is 7.85. The molecule has 2 unspecified atom stereocenters. The van der Waals surface area contributed by atoms with E-state index in [9.17, 15) is 9.59 Å². The molecule has 5 rings (SSSR count). The minimum absolute atomic E-state index is 0.00518. The Hall–Kier alpha value is -3.01. The largest absolute Gasteiger partial charge is 0.323 e. The van der Waals surface area contributed by atoms with Crippen molar-refractivity contribution in [3.8, 4) is 22.5 Å². The van der Waals surface area contributed by atoms with Gasteiger partial charge in [0.1, 0.15) is 5.02 Å². The van der Waals surface area contributed by atoms with Crippen molar-refractivity contribution < 1.29 is 4.79 Å². The second kappa shape index (κ2) is 10.4. The van der Waals surface area contributed by atoms with Gasteiger partial charge in [-0.3, -0.25) is 23.8 Å². The van der Waals surface area contributed by atoms with Crippen LogP contribution in [0.3, 0.4) is 0 Å². The van der Waals surface area contributed by atoms with E-state index in [1.54, 1.807) is 35.3 Å². The molecule has 0 saturated carbocycles. The number of anilines is 1. The Bertz CT molecular complexity index is 1570. The number of pyridine rings is 1. The molecule has 0 saturated heterocycles. The van der Waals surface area contributed by atoms with Gasteiger partial charge >= 0.3 is 0 Å². The number of carbonyl (C=O) groups is 1. The van der Waals surface area contributed by atoms with Crippen LogP contribution < -0.4 is 10.9 Å². The summed E-state index contributed by atoms with van der Waals surface area (Å²) in [5.41, 5.74) is 3.50. The van der Waals surface area contributed by atoms with Gasteiger partial charge in [-0.25, -0.2) is 4.98 Å². The second-order valence-corrected chi connectivity index (χ2v) is 10.7. The predicted molar refractivity (Wildman–Crippen MR) is 148 cm³/mol. The number of fused-ring (bicyclic) bond motifs is 4. The predicted octanol–water partition coefficient (Wildman–Crippen LogP) is 6.12. The van der Waals surface area contributed by atoms with Crippen LogP contribution in [0.1, 0.15) is 37.9 Å². The summed E-state index contributed by atoms with van der Waals surface area (Å²) in [4.78, 5) is 35.6. The maximum absolute atomic E-state index is 13.6. The Morgan fingerprint density at radius 2 is 1.92 bits per heavy atom. The molecule has 4 aromatic rings. The number of aryl methyl sites for hydroxylation is 1. The first kappa shape index (κ1) is 25.6. The molecule has 37 heavy (non-hydrogen) atoms. The first-order chi connectivity index (χ1) is 17.7. The molecule has 2 atom stereocenters. The highest BCUT2D eigenvalue weighted by molar-refractivity contribution is 9.10. The van der Waals surface area contributed by atoms with Crippen LogP contribution in [-0.4, -0.2) is 30.2 Å². The lowest BCUT2D eigenvalue weighted by Crippen LogP contribution is -2.28. The molecule has 1 aliphatic heterocycles. The minimum Gasteiger partial charge on any atom is -0.323 e. The van der Waals surface area contributed by atoms with Crippen LogP contribution in [0.4, 0.5) is 5.69 Å². The number of aromatic nitrogens is 5. The van der Waals surface area contributed by atoms with Gasteiger partial charge in [0.15, 0.2) is 0 Å². The maximum Gasteiger partial charge on any atom is 0.273 e. The van der Waals surface area contributed by atoms with Crippen LogP contribution in [0, 0.1) is 5.92 Å². The van der Waals surface area contributed by atoms with Crippen LogP contribution in [0.2, 0.25) is 10.0 Å². The van der Waals surface area contributed by atoms with Crippen molar-refractivity contribution in [3.63, 3.8) is 0 Å². The summed E-state index contributed by atoms with van der Waals surface area (Å²) in [7, 11) is 1.82. The molecular formula is C26H23BrCl2N6O2. The van der Waals surface area contributed by atoms with Gasteiger partial charge in [-0.05, 0) is 43.2 Å². The number of carbonyl (C=O) groups excluding carboxylic acids is 1. The van der Waals surface area contributed by atoms with Gasteiger partial charge in [0, 0.05) is 39.8 Å². The third-order valence-electron chi connectivity index (χ3n) is 6.62. The number of hydrogen-bond acceptors (Lipinski definition) is 5. The van der Waals surface area contributed by atoms with Crippen LogP contribution in [0.25, 0.3) is 22.5 Å². The fourth-order valence-corrected chi connectivity index (χ4v) is 5.47. The standard InChI is InChI=1S/C26H23BrCl2N6O2/c1-14-4-3-5-21(19-10-15(8-9-30-19)24-20(33-25(14)36)12-32-34(24)2)35-13-31-23(22(29)26(35)37)17-11-16(28)6-7-18(17)27/h6-14,21H,3-5H2,1-2H3,(H,33,36). The average Bonchev–Trinajstić information content (AvgIpc) is 3.24. The zero-order valence-corrected chi connectivity index (χ0v) is 23.2. The zero-order valence-electron chi connectivity index (χ0n) is 20.1. The summed E-state index contributed by atoms with van der Waals surface area (Å²) >= 11 is 16.3. The molecule has 8 nitrogen and oxygen atoms in total. The van der Waals surface area contributed by atoms with E-state index < -0.39 is 6.04 Å². The topological polar surface area (TPSA) is 94.7 Å². The quantitative estimate of drug-likeness (QED) is 0.298. The molecule has 0 aliphatic carbocycles. The molecule has 11 heteroatoms. The van der Waals surface area contributed by atoms with Crippen molar-refractivity contribution >= 4 is 50.7 Å². The highest BCUT2D eigenvalue weighted by Crippen LogP contribution is 2.35. The SMILES string of the molecule is CC1CCCC(n2cnc(-c3cc(Cl)ccc3Br)c(Cl)c2=O)c2cc(ccn2)-c2c(cnn2C)NC1=O. The smallest absolute Gasteiger partial charge is 0.273 e. The average molecular weight is 602 g/mol. The van der Waals surface area contributed by atoms with Gasteiger partial charge in [-0.1, -0.05) is 52.5 Å². The van der Waals surface area contributed by atoms with Gasteiger partial charge in [-0.15, -0.1) is 0 Å². The Morgan fingerprint density at radius 1 is 1.11 bits per heavy atom. The van der Waals surface area contributed by atoms with Crippen molar-refractivity contribution in [1.29, 1.82) is 0 Å². The van der Waals surface area contributed by atoms with E-state index in [2.05, 4.69) is 36.3 Å². The molecule has 4 heterocycles. The van der Waals surface area contributed by atoms with Gasteiger partial charge in [-0.2, -0.15) is 5.10 Å². The summed E-state index contributed by atoms with van der Waals surface area (Å²) in [6.45, 7) is 1.89. The summed E-state index contributed by atoms with van der Waals surface area (Å²) in [5.74, 6) is -0.292. The van der Waals surface area contributed by atoms with Gasteiger partial charge in [0.25, 0.3) is 5.56 Å². The highest BCUT2D eigenvalue weighted by Gasteiger charge is 2.25. The fourth-order valence-electron chi connectivity index (χ4n) is 4.62. The zero-order chi connectivity index (χ0) is 26.3. The number of nitrogens with zero attached hydrogens (tertiary/aromatic N) is 5. The van der Waals surface area contributed by atoms with Crippen LogP contribution in [0.5, 0.6) is 0 Å². The summed E-state index contributed by atoms with van der Waals surface area (Å²) < 4.78 is 3.96. The number of rotatable bonds is 2. The van der Waals surface area contributed by atoms with Crippen molar-refractivity contribution in [3.05, 3.63) is 79.6 Å². The molecule has 1 aliphatic rings. The summed E-state index contributed by atoms with van der Waals surface area (Å²) in [6, 6.07) is 8.58. The molecular weight excluding hydrogens is 579 g/mol. The third kappa shape index (κ3) is 4.95. The van der Waals surface area contributed by atoms with Gasteiger partial charge in [0.2, 0.25) is 5.91 Å². The fraction of sp³-hybridized carbons (Fsp3) is 0.269. The number of halogens is 3. The van der Waals surface area contributed by atoms with E-state index in [0.717, 1.165) is 15.7 Å². The lowest BCUT2D eigenvalue weighted by Gasteiger charge is -2.22. The molecule has 190 valence electrons. The molecule has 0 spiro atoms. The van der Waals surface area contributed by atoms with Crippen LogP contribution in [0.15, 0.2) is 58.3 Å². The Labute approximate surface area is 231 Å². The number of benzene rings is 1. The molecule has 1 N–H and O–H groups in total. The minimum atomic E-state index is -0.430. The first-order valence-electron chi connectivity index (χ1n) is 11.8. The lowest BCUT2D eigenvalue weighted by atomic mass is 9.97. The number of amides is 1.